The highest BCUT2D eigenvalue weighted by molar-refractivity contribution is 5.95. The second kappa shape index (κ2) is 10.4. The fourth-order valence-electron chi connectivity index (χ4n) is 3.13. The number of benzene rings is 2. The number of carbonyl (C=O) groups excluding carboxylic acids is 2. The first-order valence-corrected chi connectivity index (χ1v) is 9.91. The molecule has 2 aromatic carbocycles. The van der Waals surface area contributed by atoms with Crippen molar-refractivity contribution in [2.45, 2.75) is 19.8 Å². The van der Waals surface area contributed by atoms with E-state index in [0.717, 1.165) is 22.6 Å². The van der Waals surface area contributed by atoms with E-state index in [4.69, 9.17) is 9.15 Å². The minimum Gasteiger partial charge on any atom is -0.493 e. The van der Waals surface area contributed by atoms with E-state index in [-0.39, 0.29) is 6.42 Å². The minimum absolute atomic E-state index is 0.194. The summed E-state index contributed by atoms with van der Waals surface area (Å²) >= 11 is 0. The minimum atomic E-state index is -0.990. The number of esters is 2. The summed E-state index contributed by atoms with van der Waals surface area (Å²) in [4.78, 5) is 28.2. The molecule has 0 fully saturated rings. The van der Waals surface area contributed by atoms with Crippen LogP contribution in [0.15, 0.2) is 59.0 Å². The Hall–Kier alpha value is -3.61. The maximum absolute atomic E-state index is 11.8. The Morgan fingerprint density at radius 3 is 2.23 bits per heavy atom. The van der Waals surface area contributed by atoms with Crippen LogP contribution in [-0.4, -0.2) is 37.7 Å². The van der Waals surface area contributed by atoms with Gasteiger partial charge in [0.2, 0.25) is 5.89 Å². The first kappa shape index (κ1) is 22.1. The number of hydrogen-bond acceptors (Lipinski definition) is 7. The maximum atomic E-state index is 11.8. The molecule has 3 rings (SSSR count). The third-order valence-corrected chi connectivity index (χ3v) is 4.86. The second-order valence-corrected chi connectivity index (χ2v) is 6.93. The molecule has 0 saturated heterocycles. The maximum Gasteiger partial charge on any atom is 0.320 e. The van der Waals surface area contributed by atoms with Gasteiger partial charge < -0.3 is 18.6 Å². The van der Waals surface area contributed by atoms with E-state index in [0.29, 0.717) is 24.7 Å². The number of methoxy groups -OCH3 is 2. The molecule has 0 bridgehead atoms. The van der Waals surface area contributed by atoms with Crippen molar-refractivity contribution in [3.05, 3.63) is 71.6 Å². The number of aromatic nitrogens is 1. The molecule has 0 atom stereocenters. The standard InChI is InChI=1S/C24H25NO6/c1-16-21(25-22(31-16)18-7-5-4-6-8-18)13-14-30-19-11-9-17(10-12-19)15-20(23(26)28-2)24(27)29-3/h4-12,20H,13-15H2,1-3H3. The van der Waals surface area contributed by atoms with Crippen LogP contribution in [0.5, 0.6) is 5.75 Å². The SMILES string of the molecule is COC(=O)C(Cc1ccc(OCCc2nc(-c3ccccc3)oc2C)cc1)C(=O)OC. The van der Waals surface area contributed by atoms with Crippen LogP contribution >= 0.6 is 0 Å². The molecule has 0 amide bonds. The molecule has 0 aliphatic carbocycles. The molecule has 7 nitrogen and oxygen atoms in total. The molecular formula is C24H25NO6. The van der Waals surface area contributed by atoms with Gasteiger partial charge in [0.1, 0.15) is 11.5 Å². The summed E-state index contributed by atoms with van der Waals surface area (Å²) < 4.78 is 21.0. The Labute approximate surface area is 181 Å². The lowest BCUT2D eigenvalue weighted by Crippen LogP contribution is -2.28. The van der Waals surface area contributed by atoms with Crippen molar-refractivity contribution in [3.8, 4) is 17.2 Å². The number of ether oxygens (including phenoxy) is 3. The number of nitrogens with zero attached hydrogens (tertiary/aromatic N) is 1. The quantitative estimate of drug-likeness (QED) is 0.382. The molecule has 31 heavy (non-hydrogen) atoms. The van der Waals surface area contributed by atoms with Crippen molar-refractivity contribution in [3.63, 3.8) is 0 Å². The van der Waals surface area contributed by atoms with Gasteiger partial charge in [0.25, 0.3) is 0 Å². The van der Waals surface area contributed by atoms with Gasteiger partial charge in [-0.2, -0.15) is 0 Å². The zero-order chi connectivity index (χ0) is 22.2. The molecule has 0 unspecified atom stereocenters. The van der Waals surface area contributed by atoms with Crippen molar-refractivity contribution in [2.24, 2.45) is 5.92 Å². The fourth-order valence-corrected chi connectivity index (χ4v) is 3.13. The van der Waals surface area contributed by atoms with E-state index in [1.807, 2.05) is 49.4 Å². The average molecular weight is 423 g/mol. The highest BCUT2D eigenvalue weighted by Gasteiger charge is 2.28. The van der Waals surface area contributed by atoms with Gasteiger partial charge in [-0.25, -0.2) is 4.98 Å². The number of aryl methyl sites for hydroxylation is 1. The fraction of sp³-hybridized carbons (Fsp3) is 0.292. The lowest BCUT2D eigenvalue weighted by Gasteiger charge is -2.13. The van der Waals surface area contributed by atoms with Gasteiger partial charge in [-0.05, 0) is 43.2 Å². The summed E-state index contributed by atoms with van der Waals surface area (Å²) in [5.74, 6) is -0.177. The second-order valence-electron chi connectivity index (χ2n) is 6.93. The largest absolute Gasteiger partial charge is 0.493 e. The van der Waals surface area contributed by atoms with Crippen LogP contribution in [0, 0.1) is 12.8 Å². The van der Waals surface area contributed by atoms with Crippen molar-refractivity contribution in [2.75, 3.05) is 20.8 Å². The lowest BCUT2D eigenvalue weighted by molar-refractivity contribution is -0.158. The predicted octanol–water partition coefficient (Wildman–Crippen LogP) is 3.78. The van der Waals surface area contributed by atoms with Gasteiger partial charge in [0.15, 0.2) is 5.92 Å². The molecule has 7 heteroatoms. The molecule has 0 spiro atoms. The summed E-state index contributed by atoms with van der Waals surface area (Å²) in [6, 6.07) is 17.0. The van der Waals surface area contributed by atoms with Crippen LogP contribution in [-0.2, 0) is 31.9 Å². The monoisotopic (exact) mass is 423 g/mol. The van der Waals surface area contributed by atoms with Gasteiger partial charge in [-0.3, -0.25) is 9.59 Å². The van der Waals surface area contributed by atoms with Gasteiger partial charge in [0, 0.05) is 12.0 Å². The molecule has 0 radical (unpaired) electrons. The Bertz CT molecular complexity index is 994. The van der Waals surface area contributed by atoms with Gasteiger partial charge in [0.05, 0.1) is 26.5 Å². The third kappa shape index (κ3) is 5.72. The summed E-state index contributed by atoms with van der Waals surface area (Å²) in [7, 11) is 2.49. The summed E-state index contributed by atoms with van der Waals surface area (Å²) in [5.41, 5.74) is 2.59. The predicted molar refractivity (Wildman–Crippen MR) is 114 cm³/mol. The zero-order valence-electron chi connectivity index (χ0n) is 17.8. The number of carbonyl (C=O) groups is 2. The highest BCUT2D eigenvalue weighted by Crippen LogP contribution is 2.22. The van der Waals surface area contributed by atoms with Crippen LogP contribution in [0.3, 0.4) is 0 Å². The first-order valence-electron chi connectivity index (χ1n) is 9.91. The molecule has 0 N–H and O–H groups in total. The van der Waals surface area contributed by atoms with E-state index in [2.05, 4.69) is 14.5 Å². The van der Waals surface area contributed by atoms with Gasteiger partial charge in [-0.15, -0.1) is 0 Å². The topological polar surface area (TPSA) is 87.9 Å². The van der Waals surface area contributed by atoms with E-state index in [1.54, 1.807) is 12.1 Å². The van der Waals surface area contributed by atoms with Crippen molar-refractivity contribution >= 4 is 11.9 Å². The first-order chi connectivity index (χ1) is 15.0. The van der Waals surface area contributed by atoms with E-state index in [9.17, 15) is 9.59 Å². The number of rotatable bonds is 9. The average Bonchev–Trinajstić information content (AvgIpc) is 3.18. The summed E-state index contributed by atoms with van der Waals surface area (Å²) in [6.07, 6.45) is 0.802. The molecular weight excluding hydrogens is 398 g/mol. The molecule has 1 aromatic heterocycles. The Balaban J connectivity index is 1.56. The van der Waals surface area contributed by atoms with E-state index < -0.39 is 17.9 Å². The van der Waals surface area contributed by atoms with E-state index in [1.165, 1.54) is 14.2 Å². The molecule has 162 valence electrons. The van der Waals surface area contributed by atoms with Crippen molar-refractivity contribution in [1.82, 2.24) is 4.98 Å². The molecule has 3 aromatic rings. The Kier molecular flexibility index (Phi) is 7.43. The van der Waals surface area contributed by atoms with Crippen LogP contribution < -0.4 is 4.74 Å². The van der Waals surface area contributed by atoms with Gasteiger partial charge >= 0.3 is 11.9 Å². The smallest absolute Gasteiger partial charge is 0.320 e. The van der Waals surface area contributed by atoms with Gasteiger partial charge in [-0.1, -0.05) is 30.3 Å². The lowest BCUT2D eigenvalue weighted by atomic mass is 9.99. The zero-order valence-corrected chi connectivity index (χ0v) is 17.8. The highest BCUT2D eigenvalue weighted by atomic mass is 16.5. The Morgan fingerprint density at radius 1 is 0.968 bits per heavy atom. The van der Waals surface area contributed by atoms with Crippen LogP contribution in [0.4, 0.5) is 0 Å². The van der Waals surface area contributed by atoms with Crippen molar-refractivity contribution in [1.29, 1.82) is 0 Å². The Morgan fingerprint density at radius 2 is 1.61 bits per heavy atom. The molecule has 0 saturated carbocycles. The number of oxazole rings is 1. The van der Waals surface area contributed by atoms with Crippen LogP contribution in [0.2, 0.25) is 0 Å². The van der Waals surface area contributed by atoms with E-state index >= 15 is 0 Å². The normalized spacial score (nSPS) is 10.7. The molecule has 0 aliphatic rings. The summed E-state index contributed by atoms with van der Waals surface area (Å²) in [6.45, 7) is 2.33. The summed E-state index contributed by atoms with van der Waals surface area (Å²) in [5, 5.41) is 0. The van der Waals surface area contributed by atoms with Crippen molar-refractivity contribution < 1.29 is 28.2 Å². The van der Waals surface area contributed by atoms with Crippen LogP contribution in [0.25, 0.3) is 11.5 Å². The molecule has 1 heterocycles. The third-order valence-electron chi connectivity index (χ3n) is 4.86. The van der Waals surface area contributed by atoms with Crippen LogP contribution in [0.1, 0.15) is 17.0 Å². The number of hydrogen-bond donors (Lipinski definition) is 0. The molecule has 0 aliphatic heterocycles.